The number of nitrogens with one attached hydrogen (secondary N) is 1. The van der Waals surface area contributed by atoms with E-state index >= 15 is 0 Å². The van der Waals surface area contributed by atoms with E-state index in [1.807, 2.05) is 18.2 Å². The summed E-state index contributed by atoms with van der Waals surface area (Å²) in [6, 6.07) is 7.29. The maximum Gasteiger partial charge on any atom is 0.356 e. The van der Waals surface area contributed by atoms with Crippen LogP contribution in [0.3, 0.4) is 0 Å². The lowest BCUT2D eigenvalue weighted by Gasteiger charge is -2.10. The Labute approximate surface area is 130 Å². The fourth-order valence-electron chi connectivity index (χ4n) is 1.65. The van der Waals surface area contributed by atoms with Crippen molar-refractivity contribution in [3.05, 3.63) is 47.8 Å². The summed E-state index contributed by atoms with van der Waals surface area (Å²) in [7, 11) is 6.28. The summed E-state index contributed by atoms with van der Waals surface area (Å²) in [6.45, 7) is 0. The average Bonchev–Trinajstić information content (AvgIpc) is 2.51. The first kappa shape index (κ1) is 17.3. The number of hydrogen-bond donors (Lipinski definition) is 1. The largest absolute Gasteiger partial charge is 0.496 e. The second-order valence-corrected chi connectivity index (χ2v) is 4.56. The van der Waals surface area contributed by atoms with Gasteiger partial charge in [0.25, 0.3) is 0 Å². The van der Waals surface area contributed by atoms with Gasteiger partial charge in [0.2, 0.25) is 5.91 Å². The lowest BCUT2D eigenvalue weighted by molar-refractivity contribution is -0.137. The summed E-state index contributed by atoms with van der Waals surface area (Å²) in [5.74, 6) is -0.402. The third-order valence-electron chi connectivity index (χ3n) is 2.60. The number of benzene rings is 1. The maximum atomic E-state index is 11.9. The van der Waals surface area contributed by atoms with Gasteiger partial charge >= 0.3 is 5.97 Å². The van der Waals surface area contributed by atoms with Crippen molar-refractivity contribution in [1.29, 1.82) is 0 Å². The van der Waals surface area contributed by atoms with Crippen LogP contribution < -0.4 is 10.1 Å². The average molecular weight is 304 g/mol. The van der Waals surface area contributed by atoms with Crippen molar-refractivity contribution < 1.29 is 19.1 Å². The van der Waals surface area contributed by atoms with Gasteiger partial charge in [0, 0.05) is 31.9 Å². The molecule has 6 nitrogen and oxygen atoms in total. The second kappa shape index (κ2) is 8.51. The zero-order valence-corrected chi connectivity index (χ0v) is 13.1. The van der Waals surface area contributed by atoms with Gasteiger partial charge in [0.15, 0.2) is 0 Å². The number of carbonyl (C=O) groups excluding carboxylic acids is 2. The monoisotopic (exact) mass is 304 g/mol. The molecular formula is C16H20N2O4. The van der Waals surface area contributed by atoms with E-state index in [0.29, 0.717) is 5.75 Å². The summed E-state index contributed by atoms with van der Waals surface area (Å²) in [5.41, 5.74) is 0.818. The minimum Gasteiger partial charge on any atom is -0.496 e. The van der Waals surface area contributed by atoms with Crippen LogP contribution in [0.25, 0.3) is 6.08 Å². The molecular weight excluding hydrogens is 284 g/mol. The molecule has 0 spiro atoms. The van der Waals surface area contributed by atoms with Gasteiger partial charge in [-0.2, -0.15) is 0 Å². The Morgan fingerprint density at radius 1 is 1.18 bits per heavy atom. The highest BCUT2D eigenvalue weighted by molar-refractivity contribution is 5.99. The molecule has 0 aromatic heterocycles. The molecule has 0 aliphatic rings. The van der Waals surface area contributed by atoms with Crippen LogP contribution >= 0.6 is 0 Å². The molecule has 0 aliphatic carbocycles. The molecule has 0 heterocycles. The fourth-order valence-corrected chi connectivity index (χ4v) is 1.65. The number of hydrogen-bond acceptors (Lipinski definition) is 5. The lowest BCUT2D eigenvalue weighted by Crippen LogP contribution is -2.28. The second-order valence-electron chi connectivity index (χ2n) is 4.56. The Morgan fingerprint density at radius 2 is 1.86 bits per heavy atom. The zero-order chi connectivity index (χ0) is 16.5. The molecule has 1 rings (SSSR count). The van der Waals surface area contributed by atoms with Crippen molar-refractivity contribution >= 4 is 18.0 Å². The van der Waals surface area contributed by atoms with Crippen LogP contribution in [0.4, 0.5) is 0 Å². The van der Waals surface area contributed by atoms with Gasteiger partial charge in [-0.3, -0.25) is 4.79 Å². The summed E-state index contributed by atoms with van der Waals surface area (Å²) in [5, 5.41) is 2.49. The molecule has 0 atom stereocenters. The highest BCUT2D eigenvalue weighted by Gasteiger charge is 2.12. The minimum absolute atomic E-state index is 0.0576. The van der Waals surface area contributed by atoms with Crippen molar-refractivity contribution in [3.63, 3.8) is 0 Å². The van der Waals surface area contributed by atoms with Gasteiger partial charge < -0.3 is 19.7 Å². The van der Waals surface area contributed by atoms with E-state index < -0.39 is 11.9 Å². The Bertz CT molecular complexity index is 592. The number of methoxy groups -OCH3 is 2. The summed E-state index contributed by atoms with van der Waals surface area (Å²) < 4.78 is 9.81. The Balaban J connectivity index is 2.83. The molecule has 0 unspecified atom stereocenters. The SMILES string of the molecule is COC(=O)/C(=C\N(C)C)NC(=O)/C=C/c1ccccc1OC. The van der Waals surface area contributed by atoms with Crippen LogP contribution in [0.1, 0.15) is 5.56 Å². The first-order chi connectivity index (χ1) is 10.5. The summed E-state index contributed by atoms with van der Waals surface area (Å²) >= 11 is 0. The highest BCUT2D eigenvalue weighted by atomic mass is 16.5. The van der Waals surface area contributed by atoms with Gasteiger partial charge in [-0.15, -0.1) is 0 Å². The molecule has 0 aliphatic heterocycles. The molecule has 1 N–H and O–H groups in total. The topological polar surface area (TPSA) is 67.9 Å². The Morgan fingerprint density at radius 3 is 2.45 bits per heavy atom. The maximum absolute atomic E-state index is 11.9. The van der Waals surface area contributed by atoms with Crippen molar-refractivity contribution in [2.24, 2.45) is 0 Å². The van der Waals surface area contributed by atoms with E-state index in [-0.39, 0.29) is 5.70 Å². The smallest absolute Gasteiger partial charge is 0.356 e. The predicted octanol–water partition coefficient (Wildman–Crippen LogP) is 1.40. The van der Waals surface area contributed by atoms with E-state index in [9.17, 15) is 9.59 Å². The van der Waals surface area contributed by atoms with Gasteiger partial charge in [-0.25, -0.2) is 4.79 Å². The molecule has 0 bridgehead atoms. The number of rotatable bonds is 6. The van der Waals surface area contributed by atoms with E-state index in [1.54, 1.807) is 38.2 Å². The molecule has 1 aromatic rings. The van der Waals surface area contributed by atoms with Gasteiger partial charge in [0.1, 0.15) is 11.4 Å². The van der Waals surface area contributed by atoms with Crippen molar-refractivity contribution in [2.75, 3.05) is 28.3 Å². The number of ether oxygens (including phenoxy) is 2. The molecule has 0 saturated carbocycles. The minimum atomic E-state index is -0.618. The predicted molar refractivity (Wildman–Crippen MR) is 84.0 cm³/mol. The molecule has 118 valence electrons. The van der Waals surface area contributed by atoms with Gasteiger partial charge in [0.05, 0.1) is 14.2 Å². The number of amides is 1. The van der Waals surface area contributed by atoms with Crippen LogP contribution in [-0.2, 0) is 14.3 Å². The molecule has 0 fully saturated rings. The molecule has 6 heteroatoms. The van der Waals surface area contributed by atoms with Crippen LogP contribution in [0.2, 0.25) is 0 Å². The van der Waals surface area contributed by atoms with Crippen LogP contribution in [0.15, 0.2) is 42.2 Å². The summed E-state index contributed by atoms with van der Waals surface area (Å²) in [6.07, 6.45) is 4.41. The van der Waals surface area contributed by atoms with Crippen LogP contribution in [0, 0.1) is 0 Å². The van der Waals surface area contributed by atoms with Crippen molar-refractivity contribution in [3.8, 4) is 5.75 Å². The zero-order valence-electron chi connectivity index (χ0n) is 13.1. The number of para-hydroxylation sites is 1. The normalized spacial score (nSPS) is 11.2. The number of esters is 1. The van der Waals surface area contributed by atoms with E-state index in [2.05, 4.69) is 10.1 Å². The third kappa shape index (κ3) is 5.32. The molecule has 1 amide bonds. The van der Waals surface area contributed by atoms with Crippen molar-refractivity contribution in [2.45, 2.75) is 0 Å². The number of carbonyl (C=O) groups is 2. The third-order valence-corrected chi connectivity index (χ3v) is 2.60. The van der Waals surface area contributed by atoms with E-state index in [4.69, 9.17) is 4.74 Å². The first-order valence-corrected chi connectivity index (χ1v) is 6.56. The van der Waals surface area contributed by atoms with Crippen LogP contribution in [0.5, 0.6) is 5.75 Å². The number of nitrogens with zero attached hydrogens (tertiary/aromatic N) is 1. The van der Waals surface area contributed by atoms with E-state index in [0.717, 1.165) is 5.56 Å². The fraction of sp³-hybridized carbons (Fsp3) is 0.250. The highest BCUT2D eigenvalue weighted by Crippen LogP contribution is 2.18. The lowest BCUT2D eigenvalue weighted by atomic mass is 10.2. The molecule has 1 aromatic carbocycles. The van der Waals surface area contributed by atoms with E-state index in [1.165, 1.54) is 19.4 Å². The van der Waals surface area contributed by atoms with Gasteiger partial charge in [-0.1, -0.05) is 18.2 Å². The summed E-state index contributed by atoms with van der Waals surface area (Å²) in [4.78, 5) is 25.1. The molecule has 0 saturated heterocycles. The Hall–Kier alpha value is -2.76. The molecule has 0 radical (unpaired) electrons. The first-order valence-electron chi connectivity index (χ1n) is 6.56. The Kier molecular flexibility index (Phi) is 6.69. The van der Waals surface area contributed by atoms with Crippen LogP contribution in [-0.4, -0.2) is 45.1 Å². The van der Waals surface area contributed by atoms with Gasteiger partial charge in [-0.05, 0) is 12.1 Å². The van der Waals surface area contributed by atoms with Crippen molar-refractivity contribution in [1.82, 2.24) is 10.2 Å². The standard InChI is InChI=1S/C16H20N2O4/c1-18(2)11-13(16(20)22-4)17-15(19)10-9-12-7-5-6-8-14(12)21-3/h5-11H,1-4H3,(H,17,19)/b10-9+,13-11+. The molecule has 22 heavy (non-hydrogen) atoms. The quantitative estimate of drug-likeness (QED) is 0.635.